The monoisotopic (exact) mass is 417 g/mol. The van der Waals surface area contributed by atoms with Gasteiger partial charge in [0.1, 0.15) is 12.4 Å². The second-order valence-electron chi connectivity index (χ2n) is 6.45. The molecule has 1 aliphatic rings. The second-order valence-corrected chi connectivity index (χ2v) is 7.21. The van der Waals surface area contributed by atoms with Gasteiger partial charge in [-0.1, -0.05) is 29.8 Å². The Labute approximate surface area is 173 Å². The Morgan fingerprint density at radius 2 is 1.82 bits per heavy atom. The Morgan fingerprint density at radius 3 is 2.57 bits per heavy atom. The van der Waals surface area contributed by atoms with E-state index in [2.05, 4.69) is 10.00 Å². The van der Waals surface area contributed by atoms with Gasteiger partial charge in [-0.3, -0.25) is 4.90 Å². The van der Waals surface area contributed by atoms with Crippen molar-refractivity contribution in [3.8, 4) is 17.2 Å². The highest BCUT2D eigenvalue weighted by Crippen LogP contribution is 2.23. The molecular formula is C20H20ClN3O3S. The number of halogens is 1. The molecule has 0 radical (unpaired) electrons. The van der Waals surface area contributed by atoms with Crippen LogP contribution in [0.1, 0.15) is 5.56 Å². The average Bonchev–Trinajstić information content (AvgIpc) is 3.09. The third kappa shape index (κ3) is 4.62. The van der Waals surface area contributed by atoms with E-state index < -0.39 is 0 Å². The molecule has 1 aromatic heterocycles. The molecule has 1 saturated heterocycles. The van der Waals surface area contributed by atoms with Crippen molar-refractivity contribution in [2.75, 3.05) is 26.3 Å². The van der Waals surface area contributed by atoms with Gasteiger partial charge in [0.2, 0.25) is 5.89 Å². The molecule has 1 aliphatic heterocycles. The van der Waals surface area contributed by atoms with Crippen molar-refractivity contribution >= 4 is 23.8 Å². The maximum Gasteiger partial charge on any atom is 0.288 e. The third-order valence-corrected chi connectivity index (χ3v) is 5.16. The summed E-state index contributed by atoms with van der Waals surface area (Å²) in [6.45, 7) is 4.20. The van der Waals surface area contributed by atoms with E-state index in [1.807, 2.05) is 48.5 Å². The molecule has 0 atom stereocenters. The van der Waals surface area contributed by atoms with E-state index in [0.717, 1.165) is 43.2 Å². The Balaban J connectivity index is 1.41. The van der Waals surface area contributed by atoms with Gasteiger partial charge in [0.15, 0.2) is 0 Å². The van der Waals surface area contributed by atoms with Crippen LogP contribution in [0.15, 0.2) is 52.9 Å². The van der Waals surface area contributed by atoms with Crippen molar-refractivity contribution < 1.29 is 13.9 Å². The number of aromatic nitrogens is 2. The van der Waals surface area contributed by atoms with Gasteiger partial charge in [0.25, 0.3) is 4.84 Å². The van der Waals surface area contributed by atoms with Gasteiger partial charge in [0, 0.05) is 29.2 Å². The predicted molar refractivity (Wildman–Crippen MR) is 109 cm³/mol. The summed E-state index contributed by atoms with van der Waals surface area (Å²) in [5.41, 5.74) is 1.79. The van der Waals surface area contributed by atoms with Crippen molar-refractivity contribution in [2.24, 2.45) is 0 Å². The molecule has 146 valence electrons. The molecule has 28 heavy (non-hydrogen) atoms. The third-order valence-electron chi connectivity index (χ3n) is 4.50. The fraction of sp³-hybridized carbons (Fsp3) is 0.300. The van der Waals surface area contributed by atoms with Crippen LogP contribution in [-0.4, -0.2) is 41.0 Å². The fourth-order valence-corrected chi connectivity index (χ4v) is 3.28. The highest BCUT2D eigenvalue weighted by atomic mass is 35.5. The zero-order valence-electron chi connectivity index (χ0n) is 15.2. The molecule has 3 aromatic rings. The largest absolute Gasteiger partial charge is 0.489 e. The molecular weight excluding hydrogens is 398 g/mol. The summed E-state index contributed by atoms with van der Waals surface area (Å²) >= 11 is 11.5. The van der Waals surface area contributed by atoms with Gasteiger partial charge < -0.3 is 13.9 Å². The molecule has 2 heterocycles. The van der Waals surface area contributed by atoms with Gasteiger partial charge in [-0.05, 0) is 42.5 Å². The summed E-state index contributed by atoms with van der Waals surface area (Å²) in [5.74, 6) is 1.24. The molecule has 0 N–H and O–H groups in total. The number of benzene rings is 2. The normalized spacial score (nSPS) is 14.9. The zero-order valence-corrected chi connectivity index (χ0v) is 16.8. The van der Waals surface area contributed by atoms with Crippen LogP contribution >= 0.6 is 23.8 Å². The standard InChI is InChI=1S/C20H20ClN3O3S/c21-18-4-2-1-3-16(18)13-26-17-7-5-15(6-8-17)19-22-24(20(28)27-19)14-23-9-11-25-12-10-23/h1-8H,9-14H2. The number of nitrogens with zero attached hydrogens (tertiary/aromatic N) is 3. The van der Waals surface area contributed by atoms with Crippen molar-refractivity contribution in [3.63, 3.8) is 0 Å². The molecule has 0 bridgehead atoms. The van der Waals surface area contributed by atoms with Crippen molar-refractivity contribution in [1.82, 2.24) is 14.7 Å². The van der Waals surface area contributed by atoms with Crippen LogP contribution in [0.2, 0.25) is 5.02 Å². The van der Waals surface area contributed by atoms with Crippen LogP contribution in [0.4, 0.5) is 0 Å². The Hall–Kier alpha value is -2.19. The number of rotatable bonds is 6. The number of hydrogen-bond acceptors (Lipinski definition) is 6. The maximum absolute atomic E-state index is 6.16. The quantitative estimate of drug-likeness (QED) is 0.554. The molecule has 2 aromatic carbocycles. The Kier molecular flexibility index (Phi) is 6.07. The molecule has 0 aliphatic carbocycles. The average molecular weight is 418 g/mol. The molecule has 0 unspecified atom stereocenters. The second kappa shape index (κ2) is 8.87. The summed E-state index contributed by atoms with van der Waals surface area (Å²) < 4.78 is 18.6. The van der Waals surface area contributed by atoms with Crippen LogP contribution in [0, 0.1) is 4.84 Å². The van der Waals surface area contributed by atoms with Gasteiger partial charge in [-0.25, -0.2) is 4.68 Å². The van der Waals surface area contributed by atoms with Crippen molar-refractivity contribution in [2.45, 2.75) is 13.3 Å². The summed E-state index contributed by atoms with van der Waals surface area (Å²) in [4.78, 5) is 2.59. The van der Waals surface area contributed by atoms with Gasteiger partial charge in [-0.2, -0.15) is 0 Å². The lowest BCUT2D eigenvalue weighted by atomic mass is 10.2. The van der Waals surface area contributed by atoms with E-state index in [1.54, 1.807) is 4.68 Å². The first kappa shape index (κ1) is 19.1. The fourth-order valence-electron chi connectivity index (χ4n) is 2.91. The Bertz CT molecular complexity index is 981. The van der Waals surface area contributed by atoms with Gasteiger partial charge in [0.05, 0.1) is 19.9 Å². The molecule has 1 fully saturated rings. The molecule has 0 spiro atoms. The van der Waals surface area contributed by atoms with Crippen LogP contribution < -0.4 is 4.74 Å². The Morgan fingerprint density at radius 1 is 1.07 bits per heavy atom. The molecule has 8 heteroatoms. The summed E-state index contributed by atoms with van der Waals surface area (Å²) in [7, 11) is 0. The van der Waals surface area contributed by atoms with E-state index in [9.17, 15) is 0 Å². The number of ether oxygens (including phenoxy) is 2. The number of hydrogen-bond donors (Lipinski definition) is 0. The lowest BCUT2D eigenvalue weighted by Gasteiger charge is -2.25. The molecule has 6 nitrogen and oxygen atoms in total. The number of morpholine rings is 1. The topological polar surface area (TPSA) is 52.7 Å². The van der Waals surface area contributed by atoms with Crippen LogP contribution in [0.25, 0.3) is 11.5 Å². The van der Waals surface area contributed by atoms with Crippen molar-refractivity contribution in [3.05, 3.63) is 64.0 Å². The van der Waals surface area contributed by atoms with E-state index in [4.69, 9.17) is 37.7 Å². The zero-order chi connectivity index (χ0) is 19.3. The van der Waals surface area contributed by atoms with Gasteiger partial charge >= 0.3 is 0 Å². The predicted octanol–water partition coefficient (Wildman–Crippen LogP) is 4.39. The first-order valence-corrected chi connectivity index (χ1v) is 9.82. The van der Waals surface area contributed by atoms with Crippen LogP contribution in [-0.2, 0) is 18.0 Å². The van der Waals surface area contributed by atoms with E-state index in [-0.39, 0.29) is 0 Å². The minimum absolute atomic E-state index is 0.362. The smallest absolute Gasteiger partial charge is 0.288 e. The lowest BCUT2D eigenvalue weighted by Crippen LogP contribution is -2.37. The van der Waals surface area contributed by atoms with E-state index >= 15 is 0 Å². The van der Waals surface area contributed by atoms with Crippen LogP contribution in [0.3, 0.4) is 0 Å². The minimum atomic E-state index is 0.362. The van der Waals surface area contributed by atoms with Crippen LogP contribution in [0.5, 0.6) is 5.75 Å². The maximum atomic E-state index is 6.16. The molecule has 0 amide bonds. The first-order chi connectivity index (χ1) is 13.7. The van der Waals surface area contributed by atoms with Gasteiger partial charge in [-0.15, -0.1) is 5.10 Å². The van der Waals surface area contributed by atoms with E-state index in [1.165, 1.54) is 0 Å². The van der Waals surface area contributed by atoms with E-state index in [0.29, 0.717) is 29.0 Å². The molecule has 4 rings (SSSR count). The highest BCUT2D eigenvalue weighted by molar-refractivity contribution is 7.71. The first-order valence-electron chi connectivity index (χ1n) is 9.04. The highest BCUT2D eigenvalue weighted by Gasteiger charge is 2.14. The summed E-state index contributed by atoms with van der Waals surface area (Å²) in [6, 6.07) is 15.2. The lowest BCUT2D eigenvalue weighted by molar-refractivity contribution is 0.0206. The SMILES string of the molecule is S=c1oc(-c2ccc(OCc3ccccc3Cl)cc2)nn1CN1CCOCC1. The molecule has 0 saturated carbocycles. The van der Waals surface area contributed by atoms with Crippen molar-refractivity contribution in [1.29, 1.82) is 0 Å². The summed E-state index contributed by atoms with van der Waals surface area (Å²) in [6.07, 6.45) is 0. The minimum Gasteiger partial charge on any atom is -0.489 e. The summed E-state index contributed by atoms with van der Waals surface area (Å²) in [5, 5.41) is 5.21.